The van der Waals surface area contributed by atoms with E-state index < -0.39 is 5.67 Å². The number of Topliss-reactive ketones (excluding diaryl/α,β-unsaturated/α-hetero) is 1. The predicted molar refractivity (Wildman–Crippen MR) is 119 cm³/mol. The number of rotatable bonds is 4. The summed E-state index contributed by atoms with van der Waals surface area (Å²) in [5.41, 5.74) is -0.874. The molecule has 5 heteroatoms. The number of thioether (sulfide) groups is 1. The van der Waals surface area contributed by atoms with Gasteiger partial charge in [0.25, 0.3) is 0 Å². The lowest BCUT2D eigenvalue weighted by atomic mass is 9.48. The van der Waals surface area contributed by atoms with Crippen molar-refractivity contribution in [1.82, 2.24) is 9.78 Å². The van der Waals surface area contributed by atoms with Gasteiger partial charge in [0.05, 0.1) is 12.7 Å². The Morgan fingerprint density at radius 2 is 2.03 bits per heavy atom. The number of carbonyl (C=O) groups excluding carboxylic acids is 1. The largest absolute Gasteiger partial charge is 0.297 e. The SMILES string of the molecule is CSc1cnn(CC(=O)C2CCC3C4CCC5CC(C)CCC5(F)C4CCC23C)c1. The number of hydrogen-bond donors (Lipinski definition) is 0. The van der Waals surface area contributed by atoms with E-state index in [-0.39, 0.29) is 23.2 Å². The fourth-order valence-corrected chi connectivity index (χ4v) is 8.71. The molecule has 0 saturated heterocycles. The van der Waals surface area contributed by atoms with Crippen LogP contribution in [-0.4, -0.2) is 27.5 Å². The Labute approximate surface area is 184 Å². The fraction of sp³-hybridized carbons (Fsp3) is 0.840. The van der Waals surface area contributed by atoms with E-state index in [0.29, 0.717) is 30.1 Å². The van der Waals surface area contributed by atoms with Gasteiger partial charge < -0.3 is 0 Å². The first-order valence-corrected chi connectivity index (χ1v) is 13.4. The van der Waals surface area contributed by atoms with Crippen molar-refractivity contribution < 1.29 is 9.18 Å². The van der Waals surface area contributed by atoms with Gasteiger partial charge in [-0.25, -0.2) is 4.39 Å². The zero-order chi connectivity index (χ0) is 21.1. The highest BCUT2D eigenvalue weighted by Crippen LogP contribution is 2.66. The van der Waals surface area contributed by atoms with Crippen LogP contribution in [0.4, 0.5) is 4.39 Å². The first-order chi connectivity index (χ1) is 14.3. The van der Waals surface area contributed by atoms with Crippen LogP contribution in [0.2, 0.25) is 0 Å². The van der Waals surface area contributed by atoms with Gasteiger partial charge in [0.2, 0.25) is 0 Å². The van der Waals surface area contributed by atoms with E-state index >= 15 is 4.39 Å². The number of fused-ring (bicyclic) bond motifs is 5. The predicted octanol–water partition coefficient (Wildman–Crippen LogP) is 6.17. The van der Waals surface area contributed by atoms with Crippen LogP contribution in [0.3, 0.4) is 0 Å². The molecule has 166 valence electrons. The first kappa shape index (κ1) is 21.0. The van der Waals surface area contributed by atoms with E-state index in [4.69, 9.17) is 0 Å². The van der Waals surface area contributed by atoms with Gasteiger partial charge in [-0.3, -0.25) is 9.48 Å². The van der Waals surface area contributed by atoms with E-state index in [2.05, 4.69) is 18.9 Å². The van der Waals surface area contributed by atoms with Crippen molar-refractivity contribution in [2.24, 2.45) is 40.9 Å². The highest BCUT2D eigenvalue weighted by atomic mass is 32.2. The number of alkyl halides is 1. The van der Waals surface area contributed by atoms with E-state index in [9.17, 15) is 4.79 Å². The molecule has 0 spiro atoms. The molecule has 0 aromatic carbocycles. The minimum Gasteiger partial charge on any atom is -0.297 e. The molecule has 4 saturated carbocycles. The highest BCUT2D eigenvalue weighted by molar-refractivity contribution is 7.98. The van der Waals surface area contributed by atoms with Crippen molar-refractivity contribution in [3.8, 4) is 0 Å². The lowest BCUT2D eigenvalue weighted by Gasteiger charge is -2.58. The normalized spacial score (nSPS) is 45.5. The van der Waals surface area contributed by atoms with Crippen molar-refractivity contribution in [3.63, 3.8) is 0 Å². The number of nitrogens with zero attached hydrogens (tertiary/aromatic N) is 2. The summed E-state index contributed by atoms with van der Waals surface area (Å²) in [4.78, 5) is 14.4. The number of hydrogen-bond acceptors (Lipinski definition) is 3. The van der Waals surface area contributed by atoms with Gasteiger partial charge in [-0.2, -0.15) is 5.10 Å². The standard InChI is InChI=1S/C25H37FN2OS/c1-16-8-11-25(26)17(12-16)4-5-19-20-6-7-22(24(20,2)10-9-21(19)25)23(29)15-28-14-18(30-3)13-27-28/h13-14,16-17,19-22H,4-12,15H2,1-3H3. The number of ketones is 1. The third kappa shape index (κ3) is 3.20. The topological polar surface area (TPSA) is 34.9 Å². The monoisotopic (exact) mass is 432 g/mol. The maximum atomic E-state index is 16.4. The van der Waals surface area contributed by atoms with Crippen LogP contribution in [0.1, 0.15) is 71.6 Å². The van der Waals surface area contributed by atoms with E-state index in [1.807, 2.05) is 18.6 Å². The number of aromatic nitrogens is 2. The third-order valence-electron chi connectivity index (χ3n) is 9.84. The molecule has 4 aliphatic rings. The van der Waals surface area contributed by atoms with E-state index in [1.165, 1.54) is 6.42 Å². The van der Waals surface area contributed by atoms with Gasteiger partial charge >= 0.3 is 0 Å². The maximum Gasteiger partial charge on any atom is 0.157 e. The summed E-state index contributed by atoms with van der Waals surface area (Å²) in [6, 6.07) is 0. The van der Waals surface area contributed by atoms with Gasteiger partial charge in [0.15, 0.2) is 5.78 Å². The van der Waals surface area contributed by atoms with Gasteiger partial charge in [0.1, 0.15) is 5.67 Å². The molecule has 0 amide bonds. The van der Waals surface area contributed by atoms with Crippen LogP contribution in [0.25, 0.3) is 0 Å². The molecule has 1 heterocycles. The van der Waals surface area contributed by atoms with Crippen molar-refractivity contribution >= 4 is 17.5 Å². The van der Waals surface area contributed by atoms with Crippen molar-refractivity contribution in [2.45, 2.75) is 88.7 Å². The zero-order valence-electron chi connectivity index (χ0n) is 18.8. The Balaban J connectivity index is 1.33. The zero-order valence-corrected chi connectivity index (χ0v) is 19.6. The van der Waals surface area contributed by atoms with Crippen LogP contribution < -0.4 is 0 Å². The molecule has 0 radical (unpaired) electrons. The Kier molecular flexibility index (Phi) is 5.35. The molecule has 30 heavy (non-hydrogen) atoms. The lowest BCUT2D eigenvalue weighted by Crippen LogP contribution is -2.56. The molecule has 3 nitrogen and oxygen atoms in total. The van der Waals surface area contributed by atoms with Gasteiger partial charge in [-0.1, -0.05) is 13.8 Å². The Bertz CT molecular complexity index is 811. The number of halogens is 1. The van der Waals surface area contributed by atoms with Crippen molar-refractivity contribution in [3.05, 3.63) is 12.4 Å². The Hall–Kier alpha value is -0.840. The summed E-state index contributed by atoms with van der Waals surface area (Å²) in [5, 5.41) is 4.38. The maximum absolute atomic E-state index is 16.4. The Morgan fingerprint density at radius 3 is 2.80 bits per heavy atom. The molecule has 1 aromatic rings. The van der Waals surface area contributed by atoms with Crippen LogP contribution in [0.5, 0.6) is 0 Å². The van der Waals surface area contributed by atoms with Crippen LogP contribution >= 0.6 is 11.8 Å². The second kappa shape index (κ2) is 7.64. The van der Waals surface area contributed by atoms with Crippen molar-refractivity contribution in [1.29, 1.82) is 0 Å². The van der Waals surface area contributed by atoms with Crippen LogP contribution in [0.15, 0.2) is 17.3 Å². The molecule has 0 aliphatic heterocycles. The summed E-state index contributed by atoms with van der Waals surface area (Å²) in [6.45, 7) is 5.05. The molecule has 4 aliphatic carbocycles. The quantitative estimate of drug-likeness (QED) is 0.534. The molecule has 1 aromatic heterocycles. The Morgan fingerprint density at radius 1 is 1.20 bits per heavy atom. The summed E-state index contributed by atoms with van der Waals surface area (Å²) in [5.74, 6) is 2.68. The third-order valence-corrected chi connectivity index (χ3v) is 10.5. The summed E-state index contributed by atoms with van der Waals surface area (Å²) >= 11 is 1.66. The average Bonchev–Trinajstić information content (AvgIpc) is 3.32. The van der Waals surface area contributed by atoms with E-state index in [0.717, 1.165) is 56.3 Å². The second-order valence-electron chi connectivity index (χ2n) is 11.2. The van der Waals surface area contributed by atoms with Crippen LogP contribution in [-0.2, 0) is 11.3 Å². The molecule has 5 rings (SSSR count). The van der Waals surface area contributed by atoms with Gasteiger partial charge in [0, 0.05) is 17.0 Å². The summed E-state index contributed by atoms with van der Waals surface area (Å²) < 4.78 is 18.2. The molecular formula is C25H37FN2OS. The first-order valence-electron chi connectivity index (χ1n) is 12.1. The molecule has 0 N–H and O–H groups in total. The smallest absolute Gasteiger partial charge is 0.157 e. The minimum atomic E-state index is -0.928. The summed E-state index contributed by atoms with van der Waals surface area (Å²) in [7, 11) is 0. The fourth-order valence-electron chi connectivity index (χ4n) is 8.33. The molecular weight excluding hydrogens is 395 g/mol. The van der Waals surface area contributed by atoms with Crippen molar-refractivity contribution in [2.75, 3.05) is 6.26 Å². The highest BCUT2D eigenvalue weighted by Gasteiger charge is 2.62. The summed E-state index contributed by atoms with van der Waals surface area (Å²) in [6.07, 6.45) is 15.1. The van der Waals surface area contributed by atoms with Gasteiger partial charge in [-0.15, -0.1) is 11.8 Å². The van der Waals surface area contributed by atoms with Crippen LogP contribution in [0, 0.1) is 40.9 Å². The molecule has 8 unspecified atom stereocenters. The molecule has 4 fully saturated rings. The molecule has 8 atom stereocenters. The lowest BCUT2D eigenvalue weighted by molar-refractivity contribution is -0.146. The second-order valence-corrected chi connectivity index (χ2v) is 12.1. The van der Waals surface area contributed by atoms with E-state index in [1.54, 1.807) is 16.4 Å². The minimum absolute atomic E-state index is 0.0545. The molecule has 0 bridgehead atoms. The average molecular weight is 433 g/mol. The number of carbonyl (C=O) groups is 1. The van der Waals surface area contributed by atoms with Gasteiger partial charge in [-0.05, 0) is 99.0 Å².